The van der Waals surface area contributed by atoms with Crippen molar-refractivity contribution in [3.8, 4) is 0 Å². The van der Waals surface area contributed by atoms with Gasteiger partial charge in [0.2, 0.25) is 0 Å². The van der Waals surface area contributed by atoms with Crippen molar-refractivity contribution >= 4 is 0 Å². The first-order valence-electron chi connectivity index (χ1n) is 3.70. The normalized spacial score (nSPS) is 38.2. The zero-order valence-corrected chi connectivity index (χ0v) is 5.19. The minimum absolute atomic E-state index is 0.934. The molecule has 1 heterocycles. The number of hydrogen-bond donors (Lipinski definition) is 1. The molecule has 2 fully saturated rings. The minimum atomic E-state index is 0.934. The van der Waals surface area contributed by atoms with Crippen LogP contribution in [-0.2, 0) is 0 Å². The largest absolute Gasteiger partial charge is 0.314 e. The second-order valence-electron chi connectivity index (χ2n) is 3.04. The molecule has 1 N–H and O–H groups in total. The Hall–Kier alpha value is -0.0400. The van der Waals surface area contributed by atoms with Gasteiger partial charge in [-0.25, -0.2) is 0 Å². The minimum Gasteiger partial charge on any atom is -0.314 e. The maximum Gasteiger partial charge on any atom is 0.0107 e. The van der Waals surface area contributed by atoms with Crippen LogP contribution in [0.3, 0.4) is 0 Å². The molecule has 2 rings (SSSR count). The molecule has 1 saturated carbocycles. The first-order valence-corrected chi connectivity index (χ1v) is 3.70. The third-order valence-corrected chi connectivity index (χ3v) is 2.58. The van der Waals surface area contributed by atoms with Gasteiger partial charge in [0.05, 0.1) is 0 Å². The van der Waals surface area contributed by atoms with Gasteiger partial charge < -0.3 is 5.32 Å². The lowest BCUT2D eigenvalue weighted by molar-refractivity contribution is 0.174. The average Bonchev–Trinajstić information content (AvgIpc) is 1.47. The van der Waals surface area contributed by atoms with E-state index in [1.165, 1.54) is 32.2 Å². The summed E-state index contributed by atoms with van der Waals surface area (Å²) in [4.78, 5) is 0. The van der Waals surface area contributed by atoms with E-state index >= 15 is 0 Å². The SMILES string of the molecule is C1CC([C@@H]2CCN2)C1. The van der Waals surface area contributed by atoms with E-state index in [2.05, 4.69) is 5.32 Å². The lowest BCUT2D eigenvalue weighted by Gasteiger charge is -2.40. The van der Waals surface area contributed by atoms with Crippen molar-refractivity contribution < 1.29 is 0 Å². The summed E-state index contributed by atoms with van der Waals surface area (Å²) >= 11 is 0. The summed E-state index contributed by atoms with van der Waals surface area (Å²) in [6, 6.07) is 0.934. The number of nitrogens with one attached hydrogen (secondary N) is 1. The van der Waals surface area contributed by atoms with Crippen molar-refractivity contribution in [2.24, 2.45) is 5.92 Å². The average molecular weight is 111 g/mol. The van der Waals surface area contributed by atoms with Crippen molar-refractivity contribution in [3.63, 3.8) is 0 Å². The van der Waals surface area contributed by atoms with E-state index in [9.17, 15) is 0 Å². The molecule has 46 valence electrons. The smallest absolute Gasteiger partial charge is 0.0107 e. The predicted molar refractivity (Wildman–Crippen MR) is 33.7 cm³/mol. The molecule has 0 unspecified atom stereocenters. The molecule has 1 nitrogen and oxygen atoms in total. The lowest BCUT2D eigenvalue weighted by atomic mass is 9.76. The van der Waals surface area contributed by atoms with E-state index in [0.717, 1.165) is 12.0 Å². The van der Waals surface area contributed by atoms with Crippen LogP contribution in [0.5, 0.6) is 0 Å². The van der Waals surface area contributed by atoms with Crippen molar-refractivity contribution in [2.45, 2.75) is 31.7 Å². The van der Waals surface area contributed by atoms with Crippen LogP contribution in [0.1, 0.15) is 25.7 Å². The van der Waals surface area contributed by atoms with Crippen molar-refractivity contribution in [2.75, 3.05) is 6.54 Å². The van der Waals surface area contributed by atoms with Crippen LogP contribution < -0.4 is 5.32 Å². The quantitative estimate of drug-likeness (QED) is 0.535. The molecule has 1 aliphatic heterocycles. The highest BCUT2D eigenvalue weighted by atomic mass is 15.0. The molecule has 0 amide bonds. The zero-order chi connectivity index (χ0) is 5.40. The maximum absolute atomic E-state index is 3.45. The summed E-state index contributed by atoms with van der Waals surface area (Å²) < 4.78 is 0. The molecule has 0 bridgehead atoms. The van der Waals surface area contributed by atoms with Crippen LogP contribution in [-0.4, -0.2) is 12.6 Å². The number of hydrogen-bond acceptors (Lipinski definition) is 1. The molecule has 0 aromatic rings. The van der Waals surface area contributed by atoms with E-state index < -0.39 is 0 Å². The Kier molecular flexibility index (Phi) is 1.04. The second-order valence-corrected chi connectivity index (χ2v) is 3.04. The van der Waals surface area contributed by atoms with Crippen LogP contribution >= 0.6 is 0 Å². The van der Waals surface area contributed by atoms with Crippen molar-refractivity contribution in [1.29, 1.82) is 0 Å². The molecule has 1 aliphatic carbocycles. The maximum atomic E-state index is 3.45. The van der Waals surface area contributed by atoms with E-state index in [0.29, 0.717) is 0 Å². The van der Waals surface area contributed by atoms with Gasteiger partial charge >= 0.3 is 0 Å². The molecule has 0 radical (unpaired) electrons. The summed E-state index contributed by atoms with van der Waals surface area (Å²) in [6.07, 6.45) is 5.93. The molecule has 0 aromatic heterocycles. The first kappa shape index (κ1) is 4.80. The fourth-order valence-electron chi connectivity index (χ4n) is 1.56. The van der Waals surface area contributed by atoms with Gasteiger partial charge in [-0.15, -0.1) is 0 Å². The number of rotatable bonds is 1. The van der Waals surface area contributed by atoms with Crippen LogP contribution in [0, 0.1) is 5.92 Å². The molecule has 1 atom stereocenters. The third-order valence-electron chi connectivity index (χ3n) is 2.58. The van der Waals surface area contributed by atoms with Gasteiger partial charge in [-0.05, 0) is 31.7 Å². The molecule has 0 aromatic carbocycles. The van der Waals surface area contributed by atoms with Crippen LogP contribution in [0.25, 0.3) is 0 Å². The van der Waals surface area contributed by atoms with Gasteiger partial charge in [-0.2, -0.15) is 0 Å². The van der Waals surface area contributed by atoms with Gasteiger partial charge in [0, 0.05) is 6.04 Å². The van der Waals surface area contributed by atoms with E-state index in [1.54, 1.807) is 0 Å². The van der Waals surface area contributed by atoms with E-state index in [1.807, 2.05) is 0 Å². The Morgan fingerprint density at radius 2 is 1.88 bits per heavy atom. The Bertz CT molecular complexity index is 70.4. The van der Waals surface area contributed by atoms with Crippen LogP contribution in [0.2, 0.25) is 0 Å². The lowest BCUT2D eigenvalue weighted by Crippen LogP contribution is -2.49. The monoisotopic (exact) mass is 111 g/mol. The van der Waals surface area contributed by atoms with Crippen LogP contribution in [0.4, 0.5) is 0 Å². The first-order chi connectivity index (χ1) is 3.97. The van der Waals surface area contributed by atoms with Gasteiger partial charge in [0.25, 0.3) is 0 Å². The van der Waals surface area contributed by atoms with Gasteiger partial charge in [-0.1, -0.05) is 6.42 Å². The highest BCUT2D eigenvalue weighted by Gasteiger charge is 2.30. The van der Waals surface area contributed by atoms with Gasteiger partial charge in [0.15, 0.2) is 0 Å². The molecule has 8 heavy (non-hydrogen) atoms. The predicted octanol–water partition coefficient (Wildman–Crippen LogP) is 1.15. The standard InChI is InChI=1S/C7H13N/c1-2-6(3-1)7-4-5-8-7/h6-8H,1-5H2/t7-/m0/s1. The molecule has 2 aliphatic rings. The van der Waals surface area contributed by atoms with E-state index in [4.69, 9.17) is 0 Å². The Morgan fingerprint density at radius 1 is 1.12 bits per heavy atom. The summed E-state index contributed by atoms with van der Waals surface area (Å²) in [5, 5.41) is 3.45. The molecular weight excluding hydrogens is 98.1 g/mol. The van der Waals surface area contributed by atoms with Crippen LogP contribution in [0.15, 0.2) is 0 Å². The fraction of sp³-hybridized carbons (Fsp3) is 1.00. The fourth-order valence-corrected chi connectivity index (χ4v) is 1.56. The van der Waals surface area contributed by atoms with Crippen molar-refractivity contribution in [3.05, 3.63) is 0 Å². The Morgan fingerprint density at radius 3 is 2.00 bits per heavy atom. The molecule has 1 saturated heterocycles. The summed E-state index contributed by atoms with van der Waals surface area (Å²) in [7, 11) is 0. The van der Waals surface area contributed by atoms with Crippen molar-refractivity contribution in [1.82, 2.24) is 5.32 Å². The molecule has 1 heteroatoms. The zero-order valence-electron chi connectivity index (χ0n) is 5.19. The van der Waals surface area contributed by atoms with E-state index in [-0.39, 0.29) is 0 Å². The summed E-state index contributed by atoms with van der Waals surface area (Å²) in [5.74, 6) is 1.07. The summed E-state index contributed by atoms with van der Waals surface area (Å²) in [5.41, 5.74) is 0. The van der Waals surface area contributed by atoms with Gasteiger partial charge in [0.1, 0.15) is 0 Å². The molecule has 0 spiro atoms. The Labute approximate surface area is 50.5 Å². The highest BCUT2D eigenvalue weighted by Crippen LogP contribution is 2.32. The third kappa shape index (κ3) is 0.576. The Balaban J connectivity index is 1.79. The highest BCUT2D eigenvalue weighted by molar-refractivity contribution is 4.88. The second kappa shape index (κ2) is 1.73. The summed E-state index contributed by atoms with van der Waals surface area (Å²) in [6.45, 7) is 1.28. The molecular formula is C7H13N. The van der Waals surface area contributed by atoms with Gasteiger partial charge in [-0.3, -0.25) is 0 Å². The topological polar surface area (TPSA) is 12.0 Å².